The summed E-state index contributed by atoms with van der Waals surface area (Å²) in [6, 6.07) is 7.32. The zero-order valence-electron chi connectivity index (χ0n) is 9.56. The number of nitrogens with zero attached hydrogens (tertiary/aromatic N) is 2. The summed E-state index contributed by atoms with van der Waals surface area (Å²) in [7, 11) is 1.59. The molecular weight excluding hydrogens is 320 g/mol. The molecule has 2 rings (SSSR count). The molecule has 4 nitrogen and oxygen atoms in total. The molecule has 0 saturated heterocycles. The number of hydrogen-bond donors (Lipinski definition) is 0. The molecule has 0 fully saturated rings. The molecule has 1 aromatic heterocycles. The molecule has 0 atom stereocenters. The molecule has 0 saturated carbocycles. The summed E-state index contributed by atoms with van der Waals surface area (Å²) < 4.78 is 11.7. The number of rotatable bonds is 4. The van der Waals surface area contributed by atoms with E-state index < -0.39 is 0 Å². The van der Waals surface area contributed by atoms with Crippen LogP contribution in [0.3, 0.4) is 0 Å². The smallest absolute Gasteiger partial charge is 0.222 e. The topological polar surface area (TPSA) is 44.2 Å². The van der Waals surface area contributed by atoms with Gasteiger partial charge in [0.1, 0.15) is 6.61 Å². The van der Waals surface area contributed by atoms with Crippen molar-refractivity contribution in [3.8, 4) is 11.5 Å². The van der Waals surface area contributed by atoms with E-state index in [9.17, 15) is 0 Å². The Bertz CT molecular complexity index is 551. The molecule has 0 aliphatic heterocycles. The molecule has 0 unspecified atom stereocenters. The Morgan fingerprint density at radius 3 is 2.89 bits per heavy atom. The molecule has 18 heavy (non-hydrogen) atoms. The van der Waals surface area contributed by atoms with Gasteiger partial charge in [-0.3, -0.25) is 0 Å². The number of benzene rings is 1. The van der Waals surface area contributed by atoms with E-state index in [1.165, 1.54) is 0 Å². The first-order chi connectivity index (χ1) is 8.70. The molecule has 0 bridgehead atoms. The number of ether oxygens (including phenoxy) is 2. The highest BCUT2D eigenvalue weighted by molar-refractivity contribution is 9.10. The predicted octanol–water partition coefficient (Wildman–Crippen LogP) is 3.48. The largest absolute Gasteiger partial charge is 0.493 e. The second-order valence-corrected chi connectivity index (χ2v) is 4.57. The molecule has 1 aromatic carbocycles. The Labute approximate surface area is 118 Å². The fourth-order valence-corrected chi connectivity index (χ4v) is 2.01. The lowest BCUT2D eigenvalue weighted by atomic mass is 10.3. The number of hydrogen-bond acceptors (Lipinski definition) is 4. The fourth-order valence-electron chi connectivity index (χ4n) is 1.39. The van der Waals surface area contributed by atoms with Crippen molar-refractivity contribution in [2.45, 2.75) is 6.61 Å². The van der Waals surface area contributed by atoms with Crippen molar-refractivity contribution in [2.75, 3.05) is 7.11 Å². The molecule has 6 heteroatoms. The monoisotopic (exact) mass is 328 g/mol. The summed E-state index contributed by atoms with van der Waals surface area (Å²) in [6.07, 6.45) is 1.59. The van der Waals surface area contributed by atoms with Gasteiger partial charge in [0.05, 0.1) is 17.3 Å². The highest BCUT2D eigenvalue weighted by Gasteiger charge is 2.09. The maximum atomic E-state index is 5.70. The normalized spacial score (nSPS) is 10.2. The molecule has 0 aliphatic rings. The van der Waals surface area contributed by atoms with Gasteiger partial charge in [0, 0.05) is 6.20 Å². The summed E-state index contributed by atoms with van der Waals surface area (Å²) in [5.41, 5.74) is 0.702. The van der Waals surface area contributed by atoms with Crippen LogP contribution in [-0.4, -0.2) is 17.1 Å². The van der Waals surface area contributed by atoms with Crippen molar-refractivity contribution in [2.24, 2.45) is 0 Å². The number of halogens is 2. The fraction of sp³-hybridized carbons (Fsp3) is 0.167. The van der Waals surface area contributed by atoms with Crippen LogP contribution in [0.5, 0.6) is 11.5 Å². The molecule has 0 aliphatic carbocycles. The second kappa shape index (κ2) is 6.02. The van der Waals surface area contributed by atoms with Crippen molar-refractivity contribution >= 4 is 27.5 Å². The van der Waals surface area contributed by atoms with Gasteiger partial charge in [-0.2, -0.15) is 0 Å². The third kappa shape index (κ3) is 3.11. The molecule has 94 valence electrons. The van der Waals surface area contributed by atoms with Crippen LogP contribution in [0.15, 0.2) is 34.9 Å². The van der Waals surface area contributed by atoms with Crippen LogP contribution >= 0.6 is 27.5 Å². The van der Waals surface area contributed by atoms with Gasteiger partial charge in [0.15, 0.2) is 11.5 Å². The molecular formula is C12H10BrClN2O2. The van der Waals surface area contributed by atoms with Gasteiger partial charge in [-0.1, -0.05) is 6.07 Å². The summed E-state index contributed by atoms with van der Waals surface area (Å²) >= 11 is 9.12. The van der Waals surface area contributed by atoms with Crippen molar-refractivity contribution in [1.29, 1.82) is 0 Å². The highest BCUT2D eigenvalue weighted by atomic mass is 79.9. The van der Waals surface area contributed by atoms with E-state index in [1.807, 2.05) is 18.2 Å². The van der Waals surface area contributed by atoms with Gasteiger partial charge < -0.3 is 9.47 Å². The zero-order valence-corrected chi connectivity index (χ0v) is 11.9. The number of aromatic nitrogens is 2. The molecule has 0 radical (unpaired) electrons. The van der Waals surface area contributed by atoms with Crippen LogP contribution in [0.1, 0.15) is 5.69 Å². The van der Waals surface area contributed by atoms with Gasteiger partial charge in [0.25, 0.3) is 0 Å². The van der Waals surface area contributed by atoms with Gasteiger partial charge in [-0.05, 0) is 45.7 Å². The lowest BCUT2D eigenvalue weighted by Gasteiger charge is -2.11. The molecule has 2 aromatic rings. The minimum atomic E-state index is 0.204. The van der Waals surface area contributed by atoms with Crippen LogP contribution in [0.2, 0.25) is 5.28 Å². The number of para-hydroxylation sites is 1. The van der Waals surface area contributed by atoms with E-state index in [1.54, 1.807) is 19.4 Å². The van der Waals surface area contributed by atoms with Gasteiger partial charge >= 0.3 is 0 Å². The minimum Gasteiger partial charge on any atom is -0.493 e. The Hall–Kier alpha value is -1.33. The van der Waals surface area contributed by atoms with Crippen LogP contribution < -0.4 is 9.47 Å². The Balaban J connectivity index is 2.15. The second-order valence-electron chi connectivity index (χ2n) is 3.38. The van der Waals surface area contributed by atoms with Crippen LogP contribution in [0.4, 0.5) is 0 Å². The predicted molar refractivity (Wildman–Crippen MR) is 72.1 cm³/mol. The lowest BCUT2D eigenvalue weighted by Crippen LogP contribution is -2.01. The van der Waals surface area contributed by atoms with E-state index >= 15 is 0 Å². The first-order valence-electron chi connectivity index (χ1n) is 5.13. The average molecular weight is 330 g/mol. The third-order valence-electron chi connectivity index (χ3n) is 2.20. The average Bonchev–Trinajstić information content (AvgIpc) is 2.37. The first-order valence-corrected chi connectivity index (χ1v) is 6.30. The Morgan fingerprint density at radius 1 is 1.33 bits per heavy atom. The van der Waals surface area contributed by atoms with E-state index in [0.29, 0.717) is 23.8 Å². The quantitative estimate of drug-likeness (QED) is 0.806. The van der Waals surface area contributed by atoms with E-state index in [4.69, 9.17) is 21.1 Å². The summed E-state index contributed by atoms with van der Waals surface area (Å²) in [6.45, 7) is 0.293. The van der Waals surface area contributed by atoms with Gasteiger partial charge in [-0.15, -0.1) is 0 Å². The third-order valence-corrected chi connectivity index (χ3v) is 3.01. The van der Waals surface area contributed by atoms with E-state index in [2.05, 4.69) is 25.9 Å². The molecule has 0 N–H and O–H groups in total. The van der Waals surface area contributed by atoms with Crippen molar-refractivity contribution in [3.05, 3.63) is 45.9 Å². The lowest BCUT2D eigenvalue weighted by molar-refractivity contribution is 0.278. The molecule has 1 heterocycles. The first kappa shape index (κ1) is 13.1. The zero-order chi connectivity index (χ0) is 13.0. The number of methoxy groups -OCH3 is 1. The summed E-state index contributed by atoms with van der Waals surface area (Å²) in [5.74, 6) is 1.29. The van der Waals surface area contributed by atoms with Crippen LogP contribution in [0, 0.1) is 0 Å². The molecule has 0 amide bonds. The van der Waals surface area contributed by atoms with Crippen LogP contribution in [-0.2, 0) is 6.61 Å². The standard InChI is InChI=1S/C12H10BrClN2O2/c1-17-10-4-2-3-9(13)11(10)18-7-8-5-6-15-12(14)16-8/h2-6H,7H2,1H3. The van der Waals surface area contributed by atoms with E-state index in [0.717, 1.165) is 4.47 Å². The van der Waals surface area contributed by atoms with Gasteiger partial charge in [-0.25, -0.2) is 9.97 Å². The van der Waals surface area contributed by atoms with Crippen molar-refractivity contribution in [3.63, 3.8) is 0 Å². The Kier molecular flexibility index (Phi) is 4.38. The van der Waals surface area contributed by atoms with Crippen molar-refractivity contribution in [1.82, 2.24) is 9.97 Å². The highest BCUT2D eigenvalue weighted by Crippen LogP contribution is 2.35. The molecule has 0 spiro atoms. The van der Waals surface area contributed by atoms with E-state index in [-0.39, 0.29) is 5.28 Å². The summed E-state index contributed by atoms with van der Waals surface area (Å²) in [5, 5.41) is 0.204. The Morgan fingerprint density at radius 2 is 2.17 bits per heavy atom. The SMILES string of the molecule is COc1cccc(Br)c1OCc1ccnc(Cl)n1. The maximum Gasteiger partial charge on any atom is 0.222 e. The minimum absolute atomic E-state index is 0.204. The van der Waals surface area contributed by atoms with Crippen molar-refractivity contribution < 1.29 is 9.47 Å². The summed E-state index contributed by atoms with van der Waals surface area (Å²) in [4.78, 5) is 7.86. The van der Waals surface area contributed by atoms with Gasteiger partial charge in [0.2, 0.25) is 5.28 Å². The van der Waals surface area contributed by atoms with Crippen LogP contribution in [0.25, 0.3) is 0 Å². The maximum absolute atomic E-state index is 5.70.